The van der Waals surface area contributed by atoms with E-state index in [1.54, 1.807) is 0 Å². The molecule has 0 saturated heterocycles. The molecule has 0 fully saturated rings. The summed E-state index contributed by atoms with van der Waals surface area (Å²) < 4.78 is 0. The molecular weight excluding hydrogens is 276 g/mol. The molecule has 0 radical (unpaired) electrons. The van der Waals surface area contributed by atoms with Crippen LogP contribution in [0.1, 0.15) is 18.5 Å². The number of rotatable bonds is 3. The molecule has 2 N–H and O–H groups in total. The van der Waals surface area contributed by atoms with E-state index in [4.69, 9.17) is 23.8 Å². The van der Waals surface area contributed by atoms with Crippen LogP contribution < -0.4 is 10.6 Å². The highest BCUT2D eigenvalue weighted by Gasteiger charge is 2.07. The van der Waals surface area contributed by atoms with E-state index in [9.17, 15) is 0 Å². The van der Waals surface area contributed by atoms with Gasteiger partial charge in [-0.05, 0) is 49.0 Å². The van der Waals surface area contributed by atoms with Gasteiger partial charge in [0, 0.05) is 10.7 Å². The van der Waals surface area contributed by atoms with E-state index < -0.39 is 0 Å². The molecule has 0 spiro atoms. The van der Waals surface area contributed by atoms with Crippen LogP contribution in [-0.2, 0) is 0 Å². The summed E-state index contributed by atoms with van der Waals surface area (Å²) in [6, 6.07) is 17.7. The molecule has 2 aromatic rings. The van der Waals surface area contributed by atoms with Gasteiger partial charge in [-0.1, -0.05) is 41.9 Å². The number of anilines is 1. The third-order valence-corrected chi connectivity index (χ3v) is 3.18. The summed E-state index contributed by atoms with van der Waals surface area (Å²) in [6.07, 6.45) is 0. The molecule has 4 heteroatoms. The number of hydrogen-bond donors (Lipinski definition) is 2. The van der Waals surface area contributed by atoms with E-state index in [2.05, 4.69) is 10.6 Å². The van der Waals surface area contributed by atoms with E-state index in [-0.39, 0.29) is 6.04 Å². The van der Waals surface area contributed by atoms with Gasteiger partial charge in [-0.3, -0.25) is 0 Å². The predicted molar refractivity (Wildman–Crippen MR) is 85.7 cm³/mol. The molecule has 2 aromatic carbocycles. The molecule has 0 saturated carbocycles. The van der Waals surface area contributed by atoms with Crippen molar-refractivity contribution in [3.8, 4) is 0 Å². The van der Waals surface area contributed by atoms with Crippen LogP contribution in [0.15, 0.2) is 54.6 Å². The summed E-state index contributed by atoms with van der Waals surface area (Å²) in [7, 11) is 0. The Morgan fingerprint density at radius 2 is 1.84 bits per heavy atom. The number of para-hydroxylation sites is 1. The highest BCUT2D eigenvalue weighted by Crippen LogP contribution is 2.17. The van der Waals surface area contributed by atoms with Crippen LogP contribution >= 0.6 is 23.8 Å². The van der Waals surface area contributed by atoms with Crippen molar-refractivity contribution in [3.05, 3.63) is 65.2 Å². The zero-order valence-electron chi connectivity index (χ0n) is 10.6. The minimum atomic E-state index is 0.0995. The van der Waals surface area contributed by atoms with Crippen LogP contribution in [0.2, 0.25) is 5.02 Å². The maximum Gasteiger partial charge on any atom is 0.171 e. The number of benzene rings is 2. The molecule has 98 valence electrons. The molecular formula is C15H15ClN2S. The van der Waals surface area contributed by atoms with Gasteiger partial charge in [-0.2, -0.15) is 0 Å². The topological polar surface area (TPSA) is 24.1 Å². The molecule has 0 bridgehead atoms. The minimum absolute atomic E-state index is 0.0995. The van der Waals surface area contributed by atoms with E-state index in [1.165, 1.54) is 0 Å². The Labute approximate surface area is 123 Å². The average molecular weight is 291 g/mol. The number of halogens is 1. The maximum atomic E-state index is 5.98. The Morgan fingerprint density at radius 1 is 1.11 bits per heavy atom. The summed E-state index contributed by atoms with van der Waals surface area (Å²) in [5.74, 6) is 0. The normalized spacial score (nSPS) is 11.7. The van der Waals surface area contributed by atoms with Crippen molar-refractivity contribution >= 4 is 34.6 Å². The lowest BCUT2D eigenvalue weighted by Crippen LogP contribution is -2.30. The number of thiocarbonyl (C=S) groups is 1. The third kappa shape index (κ3) is 4.23. The Kier molecular flexibility index (Phi) is 4.77. The second kappa shape index (κ2) is 6.55. The van der Waals surface area contributed by atoms with Crippen molar-refractivity contribution < 1.29 is 0 Å². The lowest BCUT2D eigenvalue weighted by Gasteiger charge is -2.17. The SMILES string of the molecule is CC(NC(=S)Nc1ccccc1)c1cccc(Cl)c1. The van der Waals surface area contributed by atoms with Crippen LogP contribution in [0.4, 0.5) is 5.69 Å². The standard InChI is InChI=1S/C15H15ClN2S/c1-11(12-6-5-7-13(16)10-12)17-15(19)18-14-8-3-2-4-9-14/h2-11H,1H3,(H2,17,18,19). The number of nitrogens with one attached hydrogen (secondary N) is 2. The van der Waals surface area contributed by atoms with Gasteiger partial charge in [-0.15, -0.1) is 0 Å². The first-order valence-corrected chi connectivity index (χ1v) is 6.82. The molecule has 2 rings (SSSR count). The highest BCUT2D eigenvalue weighted by molar-refractivity contribution is 7.80. The van der Waals surface area contributed by atoms with Crippen LogP contribution in [0, 0.1) is 0 Å². The molecule has 2 nitrogen and oxygen atoms in total. The average Bonchev–Trinajstić information content (AvgIpc) is 2.39. The molecule has 1 unspecified atom stereocenters. The van der Waals surface area contributed by atoms with Crippen molar-refractivity contribution in [2.75, 3.05) is 5.32 Å². The fourth-order valence-corrected chi connectivity index (χ4v) is 2.24. The zero-order chi connectivity index (χ0) is 13.7. The largest absolute Gasteiger partial charge is 0.356 e. The second-order valence-corrected chi connectivity index (χ2v) is 5.09. The first-order valence-electron chi connectivity index (χ1n) is 6.03. The first kappa shape index (κ1) is 13.8. The Hall–Kier alpha value is -1.58. The van der Waals surface area contributed by atoms with Crippen molar-refractivity contribution in [1.82, 2.24) is 5.32 Å². The highest BCUT2D eigenvalue weighted by atomic mass is 35.5. The lowest BCUT2D eigenvalue weighted by atomic mass is 10.1. The van der Waals surface area contributed by atoms with Crippen LogP contribution in [0.25, 0.3) is 0 Å². The molecule has 0 aliphatic heterocycles. The van der Waals surface area contributed by atoms with Crippen molar-refractivity contribution in [2.24, 2.45) is 0 Å². The van der Waals surface area contributed by atoms with Gasteiger partial charge in [0.2, 0.25) is 0 Å². The molecule has 1 atom stereocenters. The first-order chi connectivity index (χ1) is 9.15. The number of hydrogen-bond acceptors (Lipinski definition) is 1. The van der Waals surface area contributed by atoms with E-state index in [0.717, 1.165) is 16.3 Å². The van der Waals surface area contributed by atoms with Gasteiger partial charge in [0.25, 0.3) is 0 Å². The van der Waals surface area contributed by atoms with Crippen LogP contribution in [0.5, 0.6) is 0 Å². The Morgan fingerprint density at radius 3 is 2.53 bits per heavy atom. The molecule has 0 aliphatic carbocycles. The molecule has 0 heterocycles. The Balaban J connectivity index is 1.95. The summed E-state index contributed by atoms with van der Waals surface area (Å²) in [5, 5.41) is 7.70. The monoisotopic (exact) mass is 290 g/mol. The van der Waals surface area contributed by atoms with Crippen molar-refractivity contribution in [2.45, 2.75) is 13.0 Å². The quantitative estimate of drug-likeness (QED) is 0.820. The summed E-state index contributed by atoms with van der Waals surface area (Å²) in [5.41, 5.74) is 2.07. The maximum absolute atomic E-state index is 5.98. The third-order valence-electron chi connectivity index (χ3n) is 2.73. The fraction of sp³-hybridized carbons (Fsp3) is 0.133. The second-order valence-electron chi connectivity index (χ2n) is 4.24. The molecule has 0 aromatic heterocycles. The molecule has 0 amide bonds. The van der Waals surface area contributed by atoms with Gasteiger partial charge < -0.3 is 10.6 Å². The van der Waals surface area contributed by atoms with Gasteiger partial charge in [0.05, 0.1) is 6.04 Å². The Bertz CT molecular complexity index is 557. The smallest absolute Gasteiger partial charge is 0.171 e. The van der Waals surface area contributed by atoms with E-state index in [1.807, 2.05) is 61.5 Å². The van der Waals surface area contributed by atoms with Gasteiger partial charge >= 0.3 is 0 Å². The summed E-state index contributed by atoms with van der Waals surface area (Å²) >= 11 is 11.3. The lowest BCUT2D eigenvalue weighted by molar-refractivity contribution is 0.723. The van der Waals surface area contributed by atoms with Crippen LogP contribution in [-0.4, -0.2) is 5.11 Å². The van der Waals surface area contributed by atoms with Gasteiger partial charge in [0.15, 0.2) is 5.11 Å². The van der Waals surface area contributed by atoms with Crippen molar-refractivity contribution in [1.29, 1.82) is 0 Å². The van der Waals surface area contributed by atoms with E-state index in [0.29, 0.717) is 5.11 Å². The van der Waals surface area contributed by atoms with E-state index >= 15 is 0 Å². The minimum Gasteiger partial charge on any atom is -0.356 e. The van der Waals surface area contributed by atoms with Gasteiger partial charge in [0.1, 0.15) is 0 Å². The predicted octanol–water partition coefficient (Wildman–Crippen LogP) is 4.39. The zero-order valence-corrected chi connectivity index (χ0v) is 12.1. The van der Waals surface area contributed by atoms with Crippen molar-refractivity contribution in [3.63, 3.8) is 0 Å². The van der Waals surface area contributed by atoms with Crippen LogP contribution in [0.3, 0.4) is 0 Å². The summed E-state index contributed by atoms with van der Waals surface area (Å²) in [6.45, 7) is 2.05. The van der Waals surface area contributed by atoms with Gasteiger partial charge in [-0.25, -0.2) is 0 Å². The summed E-state index contributed by atoms with van der Waals surface area (Å²) in [4.78, 5) is 0. The fourth-order valence-electron chi connectivity index (χ4n) is 1.74. The molecule has 19 heavy (non-hydrogen) atoms. The molecule has 0 aliphatic rings.